The maximum Gasteiger partial charge on any atom is 0.271 e. The van der Waals surface area contributed by atoms with Crippen molar-refractivity contribution in [3.63, 3.8) is 0 Å². The molecule has 23 heavy (non-hydrogen) atoms. The first kappa shape index (κ1) is 15.4. The fraction of sp³-hybridized carbons (Fsp3) is 0.533. The van der Waals surface area contributed by atoms with Gasteiger partial charge in [0.2, 0.25) is 0 Å². The van der Waals surface area contributed by atoms with Crippen LogP contribution in [0.15, 0.2) is 12.1 Å². The highest BCUT2D eigenvalue weighted by atomic mass is 16.1. The molecule has 0 bridgehead atoms. The van der Waals surface area contributed by atoms with E-state index in [4.69, 9.17) is 0 Å². The predicted molar refractivity (Wildman–Crippen MR) is 85.2 cm³/mol. The third kappa shape index (κ3) is 3.30. The highest BCUT2D eigenvalue weighted by Crippen LogP contribution is 2.18. The van der Waals surface area contributed by atoms with Crippen LogP contribution in [0, 0.1) is 0 Å². The molecular formula is C15H21N7O. The molecule has 0 fully saturated rings. The predicted octanol–water partition coefficient (Wildman–Crippen LogP) is 0.807. The second-order valence-electron chi connectivity index (χ2n) is 5.54. The second-order valence-corrected chi connectivity index (χ2v) is 5.54. The monoisotopic (exact) mass is 315 g/mol. The number of fused-ring (bicyclic) bond motifs is 1. The fourth-order valence-corrected chi connectivity index (χ4v) is 2.75. The molecule has 1 aliphatic heterocycles. The van der Waals surface area contributed by atoms with E-state index in [1.54, 1.807) is 12.1 Å². The summed E-state index contributed by atoms with van der Waals surface area (Å²) in [6.45, 7) is 5.35. The van der Waals surface area contributed by atoms with Crippen molar-refractivity contribution in [1.29, 1.82) is 0 Å². The molecule has 2 aromatic heterocycles. The maximum absolute atomic E-state index is 11.7. The van der Waals surface area contributed by atoms with Crippen molar-refractivity contribution in [2.75, 3.05) is 11.9 Å². The van der Waals surface area contributed by atoms with Gasteiger partial charge in [-0.3, -0.25) is 4.79 Å². The Kier molecular flexibility index (Phi) is 4.50. The van der Waals surface area contributed by atoms with E-state index in [9.17, 15) is 4.79 Å². The molecule has 0 spiro atoms. The lowest BCUT2D eigenvalue weighted by Crippen LogP contribution is -2.32. The summed E-state index contributed by atoms with van der Waals surface area (Å²) >= 11 is 0. The molecule has 122 valence electrons. The zero-order chi connectivity index (χ0) is 16.2. The third-order valence-corrected chi connectivity index (χ3v) is 3.93. The van der Waals surface area contributed by atoms with Gasteiger partial charge in [-0.2, -0.15) is 0 Å². The quantitative estimate of drug-likeness (QED) is 0.847. The van der Waals surface area contributed by atoms with Crippen LogP contribution in [-0.4, -0.2) is 43.5 Å². The number of aromatic nitrogens is 5. The van der Waals surface area contributed by atoms with Gasteiger partial charge < -0.3 is 15.2 Å². The molecule has 2 aromatic rings. The zero-order valence-electron chi connectivity index (χ0n) is 13.4. The van der Waals surface area contributed by atoms with Crippen molar-refractivity contribution >= 4 is 11.7 Å². The maximum atomic E-state index is 11.7. The first-order valence-electron chi connectivity index (χ1n) is 8.00. The highest BCUT2D eigenvalue weighted by molar-refractivity contribution is 5.92. The van der Waals surface area contributed by atoms with Crippen molar-refractivity contribution in [2.24, 2.45) is 0 Å². The molecule has 0 saturated heterocycles. The van der Waals surface area contributed by atoms with Crippen LogP contribution in [-0.2, 0) is 19.4 Å². The van der Waals surface area contributed by atoms with Crippen LogP contribution in [0.2, 0.25) is 0 Å². The largest absolute Gasteiger partial charge is 0.364 e. The molecule has 1 amide bonds. The van der Waals surface area contributed by atoms with Crippen LogP contribution in [0.3, 0.4) is 0 Å². The average molecular weight is 315 g/mol. The SMILES string of the molecule is CCNC(=O)c1ccc(NC2CCc3nnc(CC)n3C2)nn1. The molecule has 0 aromatic carbocycles. The van der Waals surface area contributed by atoms with Crippen LogP contribution in [0.5, 0.6) is 0 Å². The Morgan fingerprint density at radius 2 is 2.13 bits per heavy atom. The van der Waals surface area contributed by atoms with Gasteiger partial charge in [-0.05, 0) is 25.5 Å². The first-order valence-corrected chi connectivity index (χ1v) is 8.00. The van der Waals surface area contributed by atoms with E-state index in [1.807, 2.05) is 6.92 Å². The second kappa shape index (κ2) is 6.72. The minimum atomic E-state index is -0.203. The van der Waals surface area contributed by atoms with E-state index < -0.39 is 0 Å². The number of aryl methyl sites for hydroxylation is 2. The van der Waals surface area contributed by atoms with Gasteiger partial charge in [-0.1, -0.05) is 6.92 Å². The summed E-state index contributed by atoms with van der Waals surface area (Å²) in [5, 5.41) is 22.6. The molecule has 8 nitrogen and oxygen atoms in total. The van der Waals surface area contributed by atoms with Gasteiger partial charge in [0.1, 0.15) is 17.5 Å². The van der Waals surface area contributed by atoms with Gasteiger partial charge >= 0.3 is 0 Å². The van der Waals surface area contributed by atoms with Gasteiger partial charge in [0.25, 0.3) is 5.91 Å². The summed E-state index contributed by atoms with van der Waals surface area (Å²) in [6.07, 6.45) is 2.75. The molecular weight excluding hydrogens is 294 g/mol. The van der Waals surface area contributed by atoms with E-state index in [0.29, 0.717) is 18.1 Å². The van der Waals surface area contributed by atoms with E-state index in [0.717, 1.165) is 37.5 Å². The first-order chi connectivity index (χ1) is 11.2. The Labute approximate surface area is 134 Å². The van der Waals surface area contributed by atoms with Gasteiger partial charge in [0, 0.05) is 32.0 Å². The number of nitrogens with one attached hydrogen (secondary N) is 2. The van der Waals surface area contributed by atoms with Crippen LogP contribution in [0.1, 0.15) is 42.4 Å². The average Bonchev–Trinajstić information content (AvgIpc) is 2.98. The Bertz CT molecular complexity index is 666. The molecule has 0 radical (unpaired) electrons. The summed E-state index contributed by atoms with van der Waals surface area (Å²) < 4.78 is 2.18. The minimum Gasteiger partial charge on any atom is -0.364 e. The Hall–Kier alpha value is -2.51. The van der Waals surface area contributed by atoms with Crippen LogP contribution in [0.25, 0.3) is 0 Å². The summed E-state index contributed by atoms with van der Waals surface area (Å²) in [5.41, 5.74) is 0.329. The smallest absolute Gasteiger partial charge is 0.271 e. The highest BCUT2D eigenvalue weighted by Gasteiger charge is 2.22. The summed E-state index contributed by atoms with van der Waals surface area (Å²) in [7, 11) is 0. The van der Waals surface area contributed by atoms with Crippen LogP contribution in [0.4, 0.5) is 5.82 Å². The lowest BCUT2D eigenvalue weighted by molar-refractivity contribution is 0.0950. The number of anilines is 1. The van der Waals surface area contributed by atoms with Gasteiger partial charge in [-0.25, -0.2) is 0 Å². The normalized spacial score (nSPS) is 16.7. The van der Waals surface area contributed by atoms with Crippen molar-refractivity contribution in [3.05, 3.63) is 29.5 Å². The van der Waals surface area contributed by atoms with E-state index >= 15 is 0 Å². The van der Waals surface area contributed by atoms with Crippen LogP contribution >= 0.6 is 0 Å². The molecule has 2 N–H and O–H groups in total. The number of nitrogens with zero attached hydrogens (tertiary/aromatic N) is 5. The fourth-order valence-electron chi connectivity index (χ4n) is 2.75. The molecule has 1 unspecified atom stereocenters. The Morgan fingerprint density at radius 3 is 2.83 bits per heavy atom. The van der Waals surface area contributed by atoms with Gasteiger partial charge in [-0.15, -0.1) is 20.4 Å². The standard InChI is InChI=1S/C15H21N7O/c1-3-13-20-21-14-8-5-10(9-22(13)14)17-12-7-6-11(18-19-12)15(23)16-4-2/h6-7,10H,3-5,8-9H2,1-2H3,(H,16,23)(H,17,19). The van der Waals surface area contributed by atoms with E-state index in [-0.39, 0.29) is 11.9 Å². The molecule has 0 aliphatic carbocycles. The van der Waals surface area contributed by atoms with Crippen molar-refractivity contribution in [1.82, 2.24) is 30.3 Å². The summed E-state index contributed by atoms with van der Waals surface area (Å²) in [5.74, 6) is 2.55. The zero-order valence-corrected chi connectivity index (χ0v) is 13.4. The number of rotatable bonds is 5. The summed E-state index contributed by atoms with van der Waals surface area (Å²) in [6, 6.07) is 3.73. The Balaban J connectivity index is 1.65. The minimum absolute atomic E-state index is 0.203. The molecule has 1 atom stereocenters. The van der Waals surface area contributed by atoms with E-state index in [1.165, 1.54) is 0 Å². The van der Waals surface area contributed by atoms with Crippen molar-refractivity contribution in [3.8, 4) is 0 Å². The van der Waals surface area contributed by atoms with Crippen LogP contribution < -0.4 is 10.6 Å². The number of carbonyl (C=O) groups excluding carboxylic acids is 1. The van der Waals surface area contributed by atoms with Crippen molar-refractivity contribution < 1.29 is 4.79 Å². The molecule has 3 heterocycles. The third-order valence-electron chi connectivity index (χ3n) is 3.93. The number of hydrogen-bond acceptors (Lipinski definition) is 6. The lowest BCUT2D eigenvalue weighted by atomic mass is 10.1. The number of hydrogen-bond donors (Lipinski definition) is 2. The van der Waals surface area contributed by atoms with Crippen molar-refractivity contribution in [2.45, 2.75) is 45.7 Å². The molecule has 0 saturated carbocycles. The molecule has 3 rings (SSSR count). The van der Waals surface area contributed by atoms with E-state index in [2.05, 4.69) is 42.5 Å². The summed E-state index contributed by atoms with van der Waals surface area (Å²) in [4.78, 5) is 11.7. The number of carbonyl (C=O) groups is 1. The van der Waals surface area contributed by atoms with Gasteiger partial charge in [0.05, 0.1) is 0 Å². The molecule has 8 heteroatoms. The lowest BCUT2D eigenvalue weighted by Gasteiger charge is -2.25. The number of amides is 1. The Morgan fingerprint density at radius 1 is 1.26 bits per heavy atom. The van der Waals surface area contributed by atoms with Gasteiger partial charge in [0.15, 0.2) is 5.69 Å². The topological polar surface area (TPSA) is 97.6 Å². The molecule has 1 aliphatic rings.